The fourth-order valence-corrected chi connectivity index (χ4v) is 1.57. The van der Waals surface area contributed by atoms with Gasteiger partial charge in [0.1, 0.15) is 5.69 Å². The third-order valence-corrected chi connectivity index (χ3v) is 2.25. The molecular formula is C11H14F4N2O. The predicted octanol–water partition coefficient (Wildman–Crippen LogP) is 2.24. The molecule has 0 aromatic carbocycles. The van der Waals surface area contributed by atoms with E-state index in [2.05, 4.69) is 4.98 Å². The highest BCUT2D eigenvalue weighted by molar-refractivity contribution is 5.48. The summed E-state index contributed by atoms with van der Waals surface area (Å²) in [4.78, 5) is 3.49. The molecule has 0 saturated carbocycles. The summed E-state index contributed by atoms with van der Waals surface area (Å²) in [5.41, 5.74) is -2.13. The quantitative estimate of drug-likeness (QED) is 0.670. The van der Waals surface area contributed by atoms with Crippen LogP contribution in [0.1, 0.15) is 20.8 Å². The van der Waals surface area contributed by atoms with Crippen LogP contribution in [-0.4, -0.2) is 28.8 Å². The molecule has 0 amide bonds. The lowest BCUT2D eigenvalue weighted by molar-refractivity contribution is 0.0872. The average Bonchev–Trinajstić information content (AvgIpc) is 2.23. The van der Waals surface area contributed by atoms with Gasteiger partial charge in [0.2, 0.25) is 11.6 Å². The Bertz CT molecular complexity index is 419. The van der Waals surface area contributed by atoms with Crippen molar-refractivity contribution >= 4 is 5.69 Å². The first-order chi connectivity index (χ1) is 8.17. The van der Waals surface area contributed by atoms with Gasteiger partial charge in [-0.25, -0.2) is 0 Å². The fourth-order valence-electron chi connectivity index (χ4n) is 1.57. The first-order valence-electron chi connectivity index (χ1n) is 5.34. The van der Waals surface area contributed by atoms with Crippen LogP contribution in [0.4, 0.5) is 23.2 Å². The molecule has 0 aliphatic rings. The van der Waals surface area contributed by atoms with Crippen molar-refractivity contribution in [1.82, 2.24) is 4.98 Å². The topological polar surface area (TPSA) is 36.4 Å². The Morgan fingerprint density at radius 1 is 1.11 bits per heavy atom. The lowest BCUT2D eigenvalue weighted by atomic mass is 10.1. The van der Waals surface area contributed by atoms with Crippen molar-refractivity contribution in [3.63, 3.8) is 0 Å². The van der Waals surface area contributed by atoms with Gasteiger partial charge in [0.05, 0.1) is 5.60 Å². The Hall–Kier alpha value is -1.37. The number of hydrogen-bond acceptors (Lipinski definition) is 3. The maximum atomic E-state index is 13.5. The maximum absolute atomic E-state index is 13.5. The van der Waals surface area contributed by atoms with E-state index in [0.29, 0.717) is 0 Å². The molecule has 1 aromatic heterocycles. The third-order valence-electron chi connectivity index (χ3n) is 2.25. The van der Waals surface area contributed by atoms with Gasteiger partial charge in [-0.3, -0.25) is 0 Å². The van der Waals surface area contributed by atoms with Crippen LogP contribution >= 0.6 is 0 Å². The number of halogens is 4. The van der Waals surface area contributed by atoms with Crippen LogP contribution in [0.3, 0.4) is 0 Å². The van der Waals surface area contributed by atoms with E-state index in [9.17, 15) is 22.7 Å². The summed E-state index contributed by atoms with van der Waals surface area (Å²) in [6.45, 7) is 4.26. The van der Waals surface area contributed by atoms with Crippen molar-refractivity contribution in [3.05, 3.63) is 23.5 Å². The average molecular weight is 266 g/mol. The predicted molar refractivity (Wildman–Crippen MR) is 58.3 cm³/mol. The monoisotopic (exact) mass is 266 g/mol. The molecular weight excluding hydrogens is 252 g/mol. The van der Waals surface area contributed by atoms with Gasteiger partial charge in [-0.2, -0.15) is 22.5 Å². The van der Waals surface area contributed by atoms with E-state index in [1.54, 1.807) is 6.92 Å². The van der Waals surface area contributed by atoms with Crippen LogP contribution in [0.5, 0.6) is 0 Å². The molecule has 1 rings (SSSR count). The largest absolute Gasteiger partial charge is 0.389 e. The maximum Gasteiger partial charge on any atom is 0.253 e. The van der Waals surface area contributed by atoms with Crippen LogP contribution in [-0.2, 0) is 0 Å². The van der Waals surface area contributed by atoms with Gasteiger partial charge >= 0.3 is 0 Å². The lowest BCUT2D eigenvalue weighted by Gasteiger charge is -2.30. The molecule has 0 aliphatic carbocycles. The second-order valence-electron chi connectivity index (χ2n) is 4.50. The standard InChI is InChI=1S/C11H14F4N2O/c1-4-17(5-11(2,3)18)8-6(12)9(14)16-10(15)7(8)13/h18H,4-5H2,1-3H3. The summed E-state index contributed by atoms with van der Waals surface area (Å²) in [7, 11) is 0. The summed E-state index contributed by atoms with van der Waals surface area (Å²) < 4.78 is 52.9. The van der Waals surface area contributed by atoms with Crippen LogP contribution in [0.25, 0.3) is 0 Å². The number of aromatic nitrogens is 1. The summed E-state index contributed by atoms with van der Waals surface area (Å²) in [5, 5.41) is 9.61. The van der Waals surface area contributed by atoms with E-state index in [-0.39, 0.29) is 13.1 Å². The van der Waals surface area contributed by atoms with Gasteiger partial charge < -0.3 is 10.0 Å². The summed E-state index contributed by atoms with van der Waals surface area (Å²) in [6.07, 6.45) is 0. The molecule has 1 aromatic rings. The lowest BCUT2D eigenvalue weighted by Crippen LogP contribution is -2.39. The first kappa shape index (κ1) is 14.7. The second-order valence-corrected chi connectivity index (χ2v) is 4.50. The molecule has 1 heterocycles. The number of rotatable bonds is 4. The van der Waals surface area contributed by atoms with E-state index in [0.717, 1.165) is 4.90 Å². The second kappa shape index (κ2) is 5.09. The molecule has 18 heavy (non-hydrogen) atoms. The van der Waals surface area contributed by atoms with Gasteiger partial charge in [0, 0.05) is 13.1 Å². The van der Waals surface area contributed by atoms with Crippen LogP contribution in [0.15, 0.2) is 0 Å². The van der Waals surface area contributed by atoms with Gasteiger partial charge in [0.15, 0.2) is 0 Å². The Kier molecular flexibility index (Phi) is 4.16. The highest BCUT2D eigenvalue weighted by atomic mass is 19.2. The molecule has 0 unspecified atom stereocenters. The molecule has 0 bridgehead atoms. The van der Waals surface area contributed by atoms with Crippen molar-refractivity contribution in [2.24, 2.45) is 0 Å². The molecule has 1 N–H and O–H groups in total. The van der Waals surface area contributed by atoms with Crippen molar-refractivity contribution < 1.29 is 22.7 Å². The molecule has 0 aliphatic heterocycles. The number of anilines is 1. The normalized spacial score (nSPS) is 11.8. The van der Waals surface area contributed by atoms with E-state index in [1.807, 2.05) is 0 Å². The SMILES string of the molecule is CCN(CC(C)(C)O)c1c(F)c(F)nc(F)c1F. The number of hydrogen-bond donors (Lipinski definition) is 1. The van der Waals surface area contributed by atoms with Crippen molar-refractivity contribution in [2.75, 3.05) is 18.0 Å². The van der Waals surface area contributed by atoms with Crippen molar-refractivity contribution in [1.29, 1.82) is 0 Å². The van der Waals surface area contributed by atoms with Gasteiger partial charge in [-0.05, 0) is 20.8 Å². The molecule has 0 fully saturated rings. The molecule has 102 valence electrons. The molecule has 3 nitrogen and oxygen atoms in total. The minimum absolute atomic E-state index is 0.0702. The first-order valence-corrected chi connectivity index (χ1v) is 5.34. The Morgan fingerprint density at radius 2 is 1.56 bits per heavy atom. The molecule has 0 radical (unpaired) electrons. The zero-order valence-corrected chi connectivity index (χ0v) is 10.3. The Morgan fingerprint density at radius 3 is 1.89 bits per heavy atom. The third kappa shape index (κ3) is 3.10. The van der Waals surface area contributed by atoms with E-state index in [4.69, 9.17) is 0 Å². The number of aliphatic hydroxyl groups is 1. The zero-order valence-electron chi connectivity index (χ0n) is 10.3. The van der Waals surface area contributed by atoms with Crippen LogP contribution < -0.4 is 4.90 Å². The van der Waals surface area contributed by atoms with E-state index in [1.165, 1.54) is 13.8 Å². The Labute approximate surface area is 102 Å². The van der Waals surface area contributed by atoms with Gasteiger partial charge in [-0.15, -0.1) is 0 Å². The van der Waals surface area contributed by atoms with E-state index < -0.39 is 34.8 Å². The van der Waals surface area contributed by atoms with Gasteiger partial charge in [-0.1, -0.05) is 0 Å². The summed E-state index contributed by atoms with van der Waals surface area (Å²) >= 11 is 0. The van der Waals surface area contributed by atoms with Crippen LogP contribution in [0.2, 0.25) is 0 Å². The Balaban J connectivity index is 3.29. The summed E-state index contributed by atoms with van der Waals surface area (Å²) in [6, 6.07) is 0. The smallest absolute Gasteiger partial charge is 0.253 e. The number of nitrogens with zero attached hydrogens (tertiary/aromatic N) is 2. The molecule has 0 saturated heterocycles. The van der Waals surface area contributed by atoms with E-state index >= 15 is 0 Å². The summed E-state index contributed by atoms with van der Waals surface area (Å²) in [5.74, 6) is -6.56. The highest BCUT2D eigenvalue weighted by Gasteiger charge is 2.27. The molecule has 7 heteroatoms. The van der Waals surface area contributed by atoms with Gasteiger partial charge in [0.25, 0.3) is 11.9 Å². The molecule has 0 atom stereocenters. The number of pyridine rings is 1. The molecule has 0 spiro atoms. The fraction of sp³-hybridized carbons (Fsp3) is 0.545. The van der Waals surface area contributed by atoms with Crippen molar-refractivity contribution in [2.45, 2.75) is 26.4 Å². The minimum atomic E-state index is -1.71. The number of likely N-dealkylation sites (N-methyl/N-ethyl adjacent to an activating group) is 1. The van der Waals surface area contributed by atoms with Crippen LogP contribution in [0, 0.1) is 23.5 Å². The highest BCUT2D eigenvalue weighted by Crippen LogP contribution is 2.27. The van der Waals surface area contributed by atoms with Crippen molar-refractivity contribution in [3.8, 4) is 0 Å². The minimum Gasteiger partial charge on any atom is -0.389 e. The zero-order chi connectivity index (χ0) is 14.1.